The van der Waals surface area contributed by atoms with Gasteiger partial charge in [-0.05, 0) is 48.9 Å². The van der Waals surface area contributed by atoms with Crippen LogP contribution in [0.3, 0.4) is 0 Å². The second-order valence-electron chi connectivity index (χ2n) is 6.68. The molecule has 4 heteroatoms. The van der Waals surface area contributed by atoms with Gasteiger partial charge >= 0.3 is 5.97 Å². The van der Waals surface area contributed by atoms with Crippen molar-refractivity contribution in [3.8, 4) is 5.75 Å². The van der Waals surface area contributed by atoms with Crippen LogP contribution >= 0.6 is 0 Å². The first-order valence-corrected chi connectivity index (χ1v) is 9.52. The lowest BCUT2D eigenvalue weighted by Gasteiger charge is -2.17. The predicted octanol–water partition coefficient (Wildman–Crippen LogP) is 5.05. The highest BCUT2D eigenvalue weighted by Crippen LogP contribution is 2.18. The number of hydrogen-bond donors (Lipinski definition) is 1. The Balaban J connectivity index is 1.79. The third-order valence-electron chi connectivity index (χ3n) is 4.67. The number of hydrogen-bond acceptors (Lipinski definition) is 4. The average Bonchev–Trinajstić information content (AvgIpc) is 2.70. The molecule has 0 heterocycles. The molecule has 0 spiro atoms. The Bertz CT molecular complexity index is 710. The largest absolute Gasteiger partial charge is 0.493 e. The fraction of sp³-hybridized carbons (Fsp3) is 0.391. The Morgan fingerprint density at radius 1 is 1.00 bits per heavy atom. The molecule has 2 aromatic carbocycles. The van der Waals surface area contributed by atoms with Crippen molar-refractivity contribution in [3.05, 3.63) is 65.7 Å². The molecule has 0 aliphatic rings. The molecular formula is C23H29NO3. The molecule has 0 saturated carbocycles. The lowest BCUT2D eigenvalue weighted by molar-refractivity contribution is -0.140. The van der Waals surface area contributed by atoms with Gasteiger partial charge in [0, 0.05) is 18.1 Å². The lowest BCUT2D eigenvalue weighted by Crippen LogP contribution is -2.21. The fourth-order valence-corrected chi connectivity index (χ4v) is 2.93. The SMILES string of the molecule is CC[C@@H](COc1ccc(Cc2ccccc2)cc1)C(=N)CCCC(=O)OC. The fourth-order valence-electron chi connectivity index (χ4n) is 2.93. The van der Waals surface area contributed by atoms with E-state index in [-0.39, 0.29) is 11.9 Å². The lowest BCUT2D eigenvalue weighted by atomic mass is 9.97. The highest BCUT2D eigenvalue weighted by Gasteiger charge is 2.14. The van der Waals surface area contributed by atoms with E-state index in [4.69, 9.17) is 10.1 Å². The molecule has 1 N–H and O–H groups in total. The van der Waals surface area contributed by atoms with Gasteiger partial charge in [-0.2, -0.15) is 0 Å². The smallest absolute Gasteiger partial charge is 0.305 e. The standard InChI is InChI=1S/C23H29NO3/c1-3-20(22(24)10-7-11-23(25)26-2)17-27-21-14-12-19(13-15-21)16-18-8-5-4-6-9-18/h4-6,8-9,12-15,20,24H,3,7,10-11,16-17H2,1-2H3/t20-/m0/s1. The maximum atomic E-state index is 11.2. The van der Waals surface area contributed by atoms with Crippen LogP contribution in [-0.2, 0) is 16.0 Å². The quantitative estimate of drug-likeness (QED) is 0.447. The number of benzene rings is 2. The van der Waals surface area contributed by atoms with Gasteiger partial charge in [-0.3, -0.25) is 4.79 Å². The van der Waals surface area contributed by atoms with Crippen molar-refractivity contribution in [1.29, 1.82) is 5.41 Å². The van der Waals surface area contributed by atoms with Crippen molar-refractivity contribution in [2.45, 2.75) is 39.0 Å². The van der Waals surface area contributed by atoms with Gasteiger partial charge < -0.3 is 14.9 Å². The molecule has 0 aliphatic carbocycles. The van der Waals surface area contributed by atoms with E-state index in [2.05, 4.69) is 48.1 Å². The van der Waals surface area contributed by atoms with Crippen LogP contribution in [0.2, 0.25) is 0 Å². The van der Waals surface area contributed by atoms with Crippen LogP contribution in [0.15, 0.2) is 54.6 Å². The number of carbonyl (C=O) groups is 1. The molecule has 2 rings (SSSR count). The van der Waals surface area contributed by atoms with E-state index < -0.39 is 0 Å². The molecule has 0 radical (unpaired) electrons. The number of ether oxygens (including phenoxy) is 2. The summed E-state index contributed by atoms with van der Waals surface area (Å²) < 4.78 is 10.5. The molecule has 144 valence electrons. The Labute approximate surface area is 162 Å². The van der Waals surface area contributed by atoms with Gasteiger partial charge in [0.1, 0.15) is 5.75 Å². The van der Waals surface area contributed by atoms with Gasteiger partial charge in [-0.1, -0.05) is 49.4 Å². The second-order valence-corrected chi connectivity index (χ2v) is 6.68. The van der Waals surface area contributed by atoms with Crippen molar-refractivity contribution >= 4 is 11.7 Å². The highest BCUT2D eigenvalue weighted by molar-refractivity contribution is 5.84. The molecule has 0 saturated heterocycles. The summed E-state index contributed by atoms with van der Waals surface area (Å²) in [5, 5.41) is 8.24. The summed E-state index contributed by atoms with van der Waals surface area (Å²) in [6, 6.07) is 18.5. The normalized spacial score (nSPS) is 11.6. The zero-order valence-electron chi connectivity index (χ0n) is 16.2. The zero-order valence-corrected chi connectivity index (χ0v) is 16.2. The minimum absolute atomic E-state index is 0.0756. The van der Waals surface area contributed by atoms with Crippen LogP contribution < -0.4 is 4.74 Å². The summed E-state index contributed by atoms with van der Waals surface area (Å²) in [6.07, 6.45) is 3.37. The number of methoxy groups -OCH3 is 1. The van der Waals surface area contributed by atoms with Crippen LogP contribution in [0.1, 0.15) is 43.7 Å². The topological polar surface area (TPSA) is 59.4 Å². The van der Waals surface area contributed by atoms with E-state index in [1.165, 1.54) is 18.2 Å². The zero-order chi connectivity index (χ0) is 19.5. The minimum Gasteiger partial charge on any atom is -0.493 e. The molecule has 2 aromatic rings. The van der Waals surface area contributed by atoms with Gasteiger partial charge in [0.2, 0.25) is 0 Å². The summed E-state index contributed by atoms with van der Waals surface area (Å²) in [4.78, 5) is 11.2. The molecule has 0 aliphatic heterocycles. The third kappa shape index (κ3) is 7.26. The molecular weight excluding hydrogens is 338 g/mol. The van der Waals surface area contributed by atoms with E-state index in [0.29, 0.717) is 31.6 Å². The van der Waals surface area contributed by atoms with Crippen molar-refractivity contribution < 1.29 is 14.3 Å². The van der Waals surface area contributed by atoms with Gasteiger partial charge in [0.05, 0.1) is 13.7 Å². The first-order chi connectivity index (χ1) is 13.1. The van der Waals surface area contributed by atoms with Crippen LogP contribution in [0, 0.1) is 11.3 Å². The maximum Gasteiger partial charge on any atom is 0.305 e. The predicted molar refractivity (Wildman–Crippen MR) is 109 cm³/mol. The molecule has 0 fully saturated rings. The second kappa shape index (κ2) is 11.2. The van der Waals surface area contributed by atoms with Crippen molar-refractivity contribution in [2.75, 3.05) is 13.7 Å². The maximum absolute atomic E-state index is 11.2. The number of esters is 1. The third-order valence-corrected chi connectivity index (χ3v) is 4.67. The summed E-state index contributed by atoms with van der Waals surface area (Å²) in [7, 11) is 1.39. The Morgan fingerprint density at radius 3 is 2.30 bits per heavy atom. The molecule has 0 unspecified atom stereocenters. The van der Waals surface area contributed by atoms with Crippen molar-refractivity contribution in [2.24, 2.45) is 5.92 Å². The van der Waals surface area contributed by atoms with Crippen LogP contribution in [-0.4, -0.2) is 25.4 Å². The summed E-state index contributed by atoms with van der Waals surface area (Å²) in [5.74, 6) is 0.682. The van der Waals surface area contributed by atoms with E-state index in [1.807, 2.05) is 18.2 Å². The summed E-state index contributed by atoms with van der Waals surface area (Å²) in [5.41, 5.74) is 3.18. The Kier molecular flexibility index (Phi) is 8.56. The molecule has 0 bridgehead atoms. The number of carbonyl (C=O) groups excluding carboxylic acids is 1. The van der Waals surface area contributed by atoms with Gasteiger partial charge in [-0.25, -0.2) is 0 Å². The molecule has 0 aromatic heterocycles. The monoisotopic (exact) mass is 367 g/mol. The number of nitrogens with one attached hydrogen (secondary N) is 1. The van der Waals surface area contributed by atoms with Crippen molar-refractivity contribution in [1.82, 2.24) is 0 Å². The first-order valence-electron chi connectivity index (χ1n) is 9.52. The van der Waals surface area contributed by atoms with Crippen LogP contribution in [0.5, 0.6) is 5.75 Å². The van der Waals surface area contributed by atoms with E-state index in [1.54, 1.807) is 0 Å². The summed E-state index contributed by atoms with van der Waals surface area (Å²) >= 11 is 0. The van der Waals surface area contributed by atoms with E-state index >= 15 is 0 Å². The Morgan fingerprint density at radius 2 is 1.67 bits per heavy atom. The highest BCUT2D eigenvalue weighted by atomic mass is 16.5. The van der Waals surface area contributed by atoms with E-state index in [9.17, 15) is 4.79 Å². The molecule has 0 amide bonds. The minimum atomic E-state index is -0.220. The van der Waals surface area contributed by atoms with Gasteiger partial charge in [-0.15, -0.1) is 0 Å². The van der Waals surface area contributed by atoms with Gasteiger partial charge in [0.15, 0.2) is 0 Å². The first kappa shape index (κ1) is 20.7. The van der Waals surface area contributed by atoms with E-state index in [0.717, 1.165) is 18.6 Å². The number of rotatable bonds is 11. The molecule has 4 nitrogen and oxygen atoms in total. The molecule has 1 atom stereocenters. The Hall–Kier alpha value is -2.62. The van der Waals surface area contributed by atoms with Crippen molar-refractivity contribution in [3.63, 3.8) is 0 Å². The van der Waals surface area contributed by atoms with Crippen LogP contribution in [0.4, 0.5) is 0 Å². The van der Waals surface area contributed by atoms with Gasteiger partial charge in [0.25, 0.3) is 0 Å². The van der Waals surface area contributed by atoms with Crippen LogP contribution in [0.25, 0.3) is 0 Å². The summed E-state index contributed by atoms with van der Waals surface area (Å²) in [6.45, 7) is 2.55. The molecule has 27 heavy (non-hydrogen) atoms. The average molecular weight is 367 g/mol.